The molecule has 5 aromatic rings. The van der Waals surface area contributed by atoms with Crippen LogP contribution in [0.2, 0.25) is 0 Å². The highest BCUT2D eigenvalue weighted by molar-refractivity contribution is 7.16. The van der Waals surface area contributed by atoms with Crippen LogP contribution in [-0.4, -0.2) is 24.0 Å². The molecule has 7 nitrogen and oxygen atoms in total. The fourth-order valence-corrected chi connectivity index (χ4v) is 5.30. The lowest BCUT2D eigenvalue weighted by atomic mass is 10.1. The number of carbonyl (C=O) groups is 1. The van der Waals surface area contributed by atoms with E-state index in [1.54, 1.807) is 6.07 Å². The summed E-state index contributed by atoms with van der Waals surface area (Å²) < 4.78 is 11.4. The summed E-state index contributed by atoms with van der Waals surface area (Å²) in [5, 5.41) is 3.90. The number of fused-ring (bicyclic) bond motifs is 1. The largest absolute Gasteiger partial charge is 0.457 e. The number of thiazole rings is 1. The average Bonchev–Trinajstić information content (AvgIpc) is 3.37. The fraction of sp³-hybridized carbons (Fsp3) is 0.194. The van der Waals surface area contributed by atoms with Crippen molar-refractivity contribution in [1.82, 2.24) is 4.98 Å². The molecule has 2 heterocycles. The van der Waals surface area contributed by atoms with Crippen molar-refractivity contribution in [3.8, 4) is 22.8 Å². The zero-order chi connectivity index (χ0) is 27.4. The van der Waals surface area contributed by atoms with Crippen LogP contribution in [0.25, 0.3) is 22.2 Å². The molecule has 0 saturated heterocycles. The van der Waals surface area contributed by atoms with Gasteiger partial charge in [0, 0.05) is 40.7 Å². The van der Waals surface area contributed by atoms with Crippen molar-refractivity contribution in [2.45, 2.75) is 27.2 Å². The predicted molar refractivity (Wildman–Crippen MR) is 157 cm³/mol. The SMILES string of the molecule is CCc1sc(NC(=O)c2cc3ccc(N(CC)CC)cc3oc2=O)nc1-c1ccc(Oc2ccccc2)cc1. The summed E-state index contributed by atoms with van der Waals surface area (Å²) in [6, 6.07) is 24.5. The first kappa shape index (κ1) is 26.2. The lowest BCUT2D eigenvalue weighted by Gasteiger charge is -2.20. The van der Waals surface area contributed by atoms with Gasteiger partial charge in [-0.3, -0.25) is 10.1 Å². The Balaban J connectivity index is 1.36. The Labute approximate surface area is 230 Å². The Morgan fingerprint density at radius 3 is 2.36 bits per heavy atom. The lowest BCUT2D eigenvalue weighted by Crippen LogP contribution is -2.22. The monoisotopic (exact) mass is 539 g/mol. The zero-order valence-corrected chi connectivity index (χ0v) is 22.9. The van der Waals surface area contributed by atoms with Gasteiger partial charge >= 0.3 is 5.63 Å². The minimum atomic E-state index is -0.682. The molecule has 0 radical (unpaired) electrons. The van der Waals surface area contributed by atoms with E-state index in [1.807, 2.05) is 79.7 Å². The molecule has 0 atom stereocenters. The summed E-state index contributed by atoms with van der Waals surface area (Å²) in [6.07, 6.45) is 0.748. The summed E-state index contributed by atoms with van der Waals surface area (Å²) in [5.74, 6) is 0.938. The predicted octanol–water partition coefficient (Wildman–Crippen LogP) is 7.37. The number of aryl methyl sites for hydroxylation is 1. The first-order valence-electron chi connectivity index (χ1n) is 13.0. The van der Waals surface area contributed by atoms with Crippen molar-refractivity contribution in [2.24, 2.45) is 0 Å². The minimum absolute atomic E-state index is 0.0599. The maximum Gasteiger partial charge on any atom is 0.349 e. The van der Waals surface area contributed by atoms with Gasteiger partial charge in [-0.2, -0.15) is 0 Å². The molecule has 0 aliphatic carbocycles. The van der Waals surface area contributed by atoms with Gasteiger partial charge in [-0.15, -0.1) is 11.3 Å². The normalized spacial score (nSPS) is 10.9. The Hall–Kier alpha value is -4.43. The Morgan fingerprint density at radius 2 is 1.67 bits per heavy atom. The van der Waals surface area contributed by atoms with Gasteiger partial charge < -0.3 is 14.1 Å². The average molecular weight is 540 g/mol. The quantitative estimate of drug-likeness (QED) is 0.197. The van der Waals surface area contributed by atoms with Gasteiger partial charge in [-0.1, -0.05) is 25.1 Å². The number of para-hydroxylation sites is 1. The highest BCUT2D eigenvalue weighted by Crippen LogP contribution is 2.33. The number of nitrogens with one attached hydrogen (secondary N) is 1. The molecule has 0 bridgehead atoms. The van der Waals surface area contributed by atoms with Crippen LogP contribution in [0, 0.1) is 0 Å². The third-order valence-corrected chi connectivity index (χ3v) is 7.55. The van der Waals surface area contributed by atoms with E-state index in [9.17, 15) is 9.59 Å². The third-order valence-electron chi connectivity index (χ3n) is 6.44. The first-order chi connectivity index (χ1) is 19.0. The number of rotatable bonds is 9. The molecule has 3 aromatic carbocycles. The van der Waals surface area contributed by atoms with Crippen LogP contribution in [-0.2, 0) is 6.42 Å². The van der Waals surface area contributed by atoms with E-state index in [-0.39, 0.29) is 5.56 Å². The second-order valence-corrected chi connectivity index (χ2v) is 9.96. The second-order valence-electron chi connectivity index (χ2n) is 8.88. The van der Waals surface area contributed by atoms with Crippen molar-refractivity contribution >= 4 is 39.0 Å². The number of anilines is 2. The molecule has 8 heteroatoms. The van der Waals surface area contributed by atoms with E-state index in [1.165, 1.54) is 11.3 Å². The van der Waals surface area contributed by atoms with Crippen LogP contribution in [0.4, 0.5) is 10.8 Å². The van der Waals surface area contributed by atoms with Gasteiger partial charge in [-0.05, 0) is 74.9 Å². The molecule has 5 rings (SSSR count). The van der Waals surface area contributed by atoms with E-state index in [2.05, 4.69) is 29.0 Å². The fourth-order valence-electron chi connectivity index (χ4n) is 4.38. The van der Waals surface area contributed by atoms with Crippen LogP contribution >= 0.6 is 11.3 Å². The van der Waals surface area contributed by atoms with E-state index >= 15 is 0 Å². The van der Waals surface area contributed by atoms with Crippen molar-refractivity contribution in [3.05, 3.63) is 99.7 Å². The molecule has 0 aliphatic rings. The summed E-state index contributed by atoms with van der Waals surface area (Å²) in [7, 11) is 0. The van der Waals surface area contributed by atoms with Crippen molar-refractivity contribution in [3.63, 3.8) is 0 Å². The first-order valence-corrected chi connectivity index (χ1v) is 13.8. The van der Waals surface area contributed by atoms with Gasteiger partial charge in [0.15, 0.2) is 5.13 Å². The Bertz CT molecular complexity index is 1660. The van der Waals surface area contributed by atoms with Gasteiger partial charge in [0.05, 0.1) is 5.69 Å². The number of aromatic nitrogens is 1. The minimum Gasteiger partial charge on any atom is -0.457 e. The van der Waals surface area contributed by atoms with E-state index in [0.29, 0.717) is 16.1 Å². The number of amides is 1. The number of nitrogens with zero attached hydrogens (tertiary/aromatic N) is 2. The van der Waals surface area contributed by atoms with Crippen LogP contribution < -0.4 is 20.6 Å². The molecule has 0 fully saturated rings. The summed E-state index contributed by atoms with van der Waals surface area (Å²) >= 11 is 1.39. The topological polar surface area (TPSA) is 84.7 Å². The third kappa shape index (κ3) is 5.71. The second kappa shape index (κ2) is 11.5. The molecule has 1 N–H and O–H groups in total. The smallest absolute Gasteiger partial charge is 0.349 e. The summed E-state index contributed by atoms with van der Waals surface area (Å²) in [5.41, 5.74) is 2.38. The van der Waals surface area contributed by atoms with Crippen LogP contribution in [0.1, 0.15) is 36.0 Å². The highest BCUT2D eigenvalue weighted by Gasteiger charge is 2.19. The van der Waals surface area contributed by atoms with E-state index < -0.39 is 11.5 Å². The van der Waals surface area contributed by atoms with Crippen molar-refractivity contribution in [1.29, 1.82) is 0 Å². The molecule has 0 spiro atoms. The molecular formula is C31H29N3O4S. The van der Waals surface area contributed by atoms with Crippen molar-refractivity contribution < 1.29 is 13.9 Å². The number of benzene rings is 3. The van der Waals surface area contributed by atoms with Crippen molar-refractivity contribution in [2.75, 3.05) is 23.3 Å². The zero-order valence-electron chi connectivity index (χ0n) is 22.1. The maximum absolute atomic E-state index is 13.1. The molecule has 2 aromatic heterocycles. The maximum atomic E-state index is 13.1. The molecule has 198 valence electrons. The molecular weight excluding hydrogens is 510 g/mol. The number of hydrogen-bond acceptors (Lipinski definition) is 7. The van der Waals surface area contributed by atoms with Gasteiger partial charge in [0.1, 0.15) is 22.6 Å². The van der Waals surface area contributed by atoms with Gasteiger partial charge in [0.25, 0.3) is 5.91 Å². The molecule has 39 heavy (non-hydrogen) atoms. The number of hydrogen-bond donors (Lipinski definition) is 1. The van der Waals surface area contributed by atoms with Crippen LogP contribution in [0.5, 0.6) is 11.5 Å². The number of ether oxygens (including phenoxy) is 1. The number of carbonyl (C=O) groups excluding carboxylic acids is 1. The molecule has 0 unspecified atom stereocenters. The molecule has 1 amide bonds. The van der Waals surface area contributed by atoms with Gasteiger partial charge in [-0.25, -0.2) is 9.78 Å². The highest BCUT2D eigenvalue weighted by atomic mass is 32.1. The molecule has 0 saturated carbocycles. The van der Waals surface area contributed by atoms with Gasteiger partial charge in [0.2, 0.25) is 0 Å². The summed E-state index contributed by atoms with van der Waals surface area (Å²) in [6.45, 7) is 7.86. The Morgan fingerprint density at radius 1 is 0.949 bits per heavy atom. The molecule has 0 aliphatic heterocycles. The summed E-state index contributed by atoms with van der Waals surface area (Å²) in [4.78, 5) is 33.7. The van der Waals surface area contributed by atoms with Crippen LogP contribution in [0.3, 0.4) is 0 Å². The Kier molecular flexibility index (Phi) is 7.74. The van der Waals surface area contributed by atoms with E-state index in [0.717, 1.165) is 52.8 Å². The van der Waals surface area contributed by atoms with Crippen LogP contribution in [0.15, 0.2) is 88.1 Å². The van der Waals surface area contributed by atoms with E-state index in [4.69, 9.17) is 9.15 Å². The lowest BCUT2D eigenvalue weighted by molar-refractivity contribution is 0.102. The standard InChI is InChI=1S/C31H29N3O4S/c1-4-27-28(20-13-16-24(17-14-20)37-23-10-8-7-9-11-23)32-31(39-27)33-29(35)25-18-21-12-15-22(34(5-2)6-3)19-26(21)38-30(25)36/h7-19H,4-6H2,1-3H3,(H,32,33,35).